The molecule has 0 aliphatic heterocycles. The summed E-state index contributed by atoms with van der Waals surface area (Å²) in [6.07, 6.45) is 2.03. The van der Waals surface area contributed by atoms with Gasteiger partial charge in [0.2, 0.25) is 0 Å². The van der Waals surface area contributed by atoms with Crippen LogP contribution < -0.4 is 5.32 Å². The molecule has 20 heavy (non-hydrogen) atoms. The van der Waals surface area contributed by atoms with Crippen molar-refractivity contribution in [3.8, 4) is 0 Å². The molecule has 2 N–H and O–H groups in total. The quantitative estimate of drug-likeness (QED) is 0.847. The molecule has 2 unspecified atom stereocenters. The molecule has 2 atom stereocenters. The van der Waals surface area contributed by atoms with E-state index in [1.54, 1.807) is 11.8 Å². The molecule has 4 nitrogen and oxygen atoms in total. The van der Waals surface area contributed by atoms with Gasteiger partial charge in [0.05, 0.1) is 17.8 Å². The maximum absolute atomic E-state index is 9.34. The van der Waals surface area contributed by atoms with E-state index in [0.717, 1.165) is 12.2 Å². The summed E-state index contributed by atoms with van der Waals surface area (Å²) in [5.74, 6) is 0. The monoisotopic (exact) mass is 299 g/mol. The molecular formula is C15H29N3OS. The van der Waals surface area contributed by atoms with Gasteiger partial charge in [-0.05, 0) is 47.8 Å². The number of hydrogen-bond acceptors (Lipinski definition) is 4. The minimum atomic E-state index is 0.00557. The Morgan fingerprint density at radius 3 is 2.35 bits per heavy atom. The van der Waals surface area contributed by atoms with Crippen molar-refractivity contribution >= 4 is 11.8 Å². The smallest absolute Gasteiger partial charge is 0.0641 e. The van der Waals surface area contributed by atoms with Crippen LogP contribution in [0.4, 0.5) is 0 Å². The Labute approximate surface area is 127 Å². The fourth-order valence-corrected chi connectivity index (χ4v) is 3.07. The van der Waals surface area contributed by atoms with Crippen LogP contribution in [0.15, 0.2) is 0 Å². The average Bonchev–Trinajstić information content (AvgIpc) is 2.64. The normalized spacial score (nSPS) is 15.4. The molecule has 1 aromatic rings. The van der Waals surface area contributed by atoms with E-state index in [4.69, 9.17) is 0 Å². The van der Waals surface area contributed by atoms with E-state index in [0.29, 0.717) is 0 Å². The minimum Gasteiger partial charge on any atom is -0.395 e. The van der Waals surface area contributed by atoms with Gasteiger partial charge in [-0.25, -0.2) is 0 Å². The highest BCUT2D eigenvalue weighted by atomic mass is 32.2. The third-order valence-corrected chi connectivity index (χ3v) is 4.88. The number of nitrogens with one attached hydrogen (secondary N) is 1. The molecule has 0 spiro atoms. The Kier molecular flexibility index (Phi) is 6.10. The maximum atomic E-state index is 9.34. The van der Waals surface area contributed by atoms with Gasteiger partial charge in [0, 0.05) is 29.1 Å². The Morgan fingerprint density at radius 2 is 1.95 bits per heavy atom. The van der Waals surface area contributed by atoms with Crippen LogP contribution in [-0.2, 0) is 12.1 Å². The molecule has 0 saturated carbocycles. The third-order valence-electron chi connectivity index (χ3n) is 3.72. The Balaban J connectivity index is 2.82. The molecule has 0 aliphatic carbocycles. The summed E-state index contributed by atoms with van der Waals surface area (Å²) in [5, 5.41) is 17.7. The first-order valence-corrected chi connectivity index (χ1v) is 8.43. The summed E-state index contributed by atoms with van der Waals surface area (Å²) in [5.41, 5.74) is 3.58. The zero-order chi connectivity index (χ0) is 15.5. The lowest BCUT2D eigenvalue weighted by molar-refractivity contribution is 0.275. The maximum Gasteiger partial charge on any atom is 0.0641 e. The van der Waals surface area contributed by atoms with Crippen LogP contribution >= 0.6 is 11.8 Å². The highest BCUT2D eigenvalue weighted by Crippen LogP contribution is 2.21. The number of nitrogens with zero attached hydrogens (tertiary/aromatic N) is 2. The van der Waals surface area contributed by atoms with Gasteiger partial charge in [0.1, 0.15) is 0 Å². The van der Waals surface area contributed by atoms with E-state index >= 15 is 0 Å². The topological polar surface area (TPSA) is 50.1 Å². The lowest BCUT2D eigenvalue weighted by atomic mass is 10.1. The van der Waals surface area contributed by atoms with Crippen LogP contribution in [0.3, 0.4) is 0 Å². The van der Waals surface area contributed by atoms with Gasteiger partial charge in [-0.2, -0.15) is 16.9 Å². The van der Waals surface area contributed by atoms with E-state index in [9.17, 15) is 5.11 Å². The van der Waals surface area contributed by atoms with Gasteiger partial charge in [0.15, 0.2) is 0 Å². The highest BCUT2D eigenvalue weighted by Gasteiger charge is 2.21. The van der Waals surface area contributed by atoms with Crippen LogP contribution in [-0.4, -0.2) is 39.0 Å². The van der Waals surface area contributed by atoms with Crippen molar-refractivity contribution < 1.29 is 5.11 Å². The van der Waals surface area contributed by atoms with E-state index in [2.05, 4.69) is 56.6 Å². The molecule has 0 aliphatic rings. The van der Waals surface area contributed by atoms with Gasteiger partial charge in [0.25, 0.3) is 0 Å². The van der Waals surface area contributed by atoms with Gasteiger partial charge >= 0.3 is 0 Å². The lowest BCUT2D eigenvalue weighted by Crippen LogP contribution is -2.37. The van der Waals surface area contributed by atoms with Crippen molar-refractivity contribution in [1.29, 1.82) is 0 Å². The Bertz CT molecular complexity index is 433. The number of thioether (sulfide) groups is 1. The van der Waals surface area contributed by atoms with Crippen molar-refractivity contribution in [1.82, 2.24) is 15.1 Å². The van der Waals surface area contributed by atoms with Crippen LogP contribution in [0.1, 0.15) is 44.6 Å². The Morgan fingerprint density at radius 1 is 1.35 bits per heavy atom. The second-order valence-corrected chi connectivity index (χ2v) is 7.44. The summed E-state index contributed by atoms with van der Waals surface area (Å²) in [6.45, 7) is 13.8. The van der Waals surface area contributed by atoms with Crippen LogP contribution in [0.25, 0.3) is 0 Å². The molecule has 0 amide bonds. The molecule has 0 saturated heterocycles. The fraction of sp³-hybridized carbons (Fsp3) is 0.800. The largest absolute Gasteiger partial charge is 0.395 e. The van der Waals surface area contributed by atoms with Gasteiger partial charge in [-0.1, -0.05) is 0 Å². The summed E-state index contributed by atoms with van der Waals surface area (Å²) >= 11 is 1.70. The lowest BCUT2D eigenvalue weighted by Gasteiger charge is -2.23. The molecule has 0 bridgehead atoms. The van der Waals surface area contributed by atoms with E-state index in [-0.39, 0.29) is 23.4 Å². The van der Waals surface area contributed by atoms with E-state index in [1.807, 2.05) is 6.26 Å². The van der Waals surface area contributed by atoms with Crippen LogP contribution in [0.2, 0.25) is 0 Å². The van der Waals surface area contributed by atoms with Crippen molar-refractivity contribution in [2.75, 3.05) is 12.9 Å². The fourth-order valence-electron chi connectivity index (χ4n) is 2.42. The molecule has 1 heterocycles. The standard InChI is InChI=1S/C15H29N3OS/c1-10-13(8-16-11(2)14(9-19)20-7)12(3)18(17-10)15(4,5)6/h11,14,16,19H,8-9H2,1-7H3. The first-order chi connectivity index (χ1) is 9.22. The minimum absolute atomic E-state index is 0.00557. The number of aromatic nitrogens is 2. The third kappa shape index (κ3) is 3.99. The molecule has 0 radical (unpaired) electrons. The molecule has 1 aromatic heterocycles. The predicted octanol–water partition coefficient (Wildman–Crippen LogP) is 2.46. The van der Waals surface area contributed by atoms with Crippen LogP contribution in [0, 0.1) is 13.8 Å². The first-order valence-electron chi connectivity index (χ1n) is 7.15. The van der Waals surface area contributed by atoms with Crippen LogP contribution in [0.5, 0.6) is 0 Å². The number of aryl methyl sites for hydroxylation is 1. The summed E-state index contributed by atoms with van der Waals surface area (Å²) in [7, 11) is 0. The zero-order valence-corrected chi connectivity index (χ0v) is 14.6. The second-order valence-electron chi connectivity index (χ2n) is 6.36. The molecule has 116 valence electrons. The molecular weight excluding hydrogens is 270 g/mol. The highest BCUT2D eigenvalue weighted by molar-refractivity contribution is 7.99. The number of rotatable bonds is 6. The van der Waals surface area contributed by atoms with Crippen molar-refractivity contribution in [2.24, 2.45) is 0 Å². The molecule has 1 rings (SSSR count). The predicted molar refractivity (Wildman–Crippen MR) is 87.4 cm³/mol. The SMILES string of the molecule is CSC(CO)C(C)NCc1c(C)nn(C(C)(C)C)c1C. The Hall–Kier alpha value is -0.520. The van der Waals surface area contributed by atoms with Crippen molar-refractivity contribution in [3.05, 3.63) is 17.0 Å². The van der Waals surface area contributed by atoms with E-state index < -0.39 is 0 Å². The van der Waals surface area contributed by atoms with E-state index in [1.165, 1.54) is 11.3 Å². The van der Waals surface area contributed by atoms with Gasteiger partial charge in [-0.15, -0.1) is 0 Å². The first kappa shape index (κ1) is 17.5. The summed E-state index contributed by atoms with van der Waals surface area (Å²) in [6, 6.07) is 0.270. The molecule has 0 aromatic carbocycles. The van der Waals surface area contributed by atoms with Gasteiger partial charge in [-0.3, -0.25) is 4.68 Å². The second kappa shape index (κ2) is 6.96. The molecule has 5 heteroatoms. The van der Waals surface area contributed by atoms with Crippen molar-refractivity contribution in [3.63, 3.8) is 0 Å². The van der Waals surface area contributed by atoms with Gasteiger partial charge < -0.3 is 10.4 Å². The van der Waals surface area contributed by atoms with Crippen molar-refractivity contribution in [2.45, 2.75) is 64.9 Å². The zero-order valence-electron chi connectivity index (χ0n) is 13.8. The number of hydrogen-bond donors (Lipinski definition) is 2. The summed E-state index contributed by atoms with van der Waals surface area (Å²) < 4.78 is 2.10. The summed E-state index contributed by atoms with van der Waals surface area (Å²) in [4.78, 5) is 0. The number of aliphatic hydroxyl groups is 1. The number of aliphatic hydroxyl groups excluding tert-OH is 1. The molecule has 0 fully saturated rings. The average molecular weight is 299 g/mol.